The summed E-state index contributed by atoms with van der Waals surface area (Å²) in [7, 11) is 0. The molecule has 2 aliphatic rings. The van der Waals surface area contributed by atoms with Crippen LogP contribution in [0.25, 0.3) is 5.52 Å². The molecule has 2 fully saturated rings. The average molecular weight is 410 g/mol. The number of aryl methyl sites for hydroxylation is 2. The van der Waals surface area contributed by atoms with Crippen molar-refractivity contribution in [1.82, 2.24) is 29.7 Å². The molecule has 10 nitrogen and oxygen atoms in total. The van der Waals surface area contributed by atoms with Gasteiger partial charge in [0.1, 0.15) is 12.3 Å². The molecule has 0 spiro atoms. The maximum atomic E-state index is 13.3. The molecular weight excluding hydrogens is 388 g/mol. The second-order valence-corrected chi connectivity index (χ2v) is 7.81. The summed E-state index contributed by atoms with van der Waals surface area (Å²) in [6.45, 7) is 5.08. The molecule has 0 bridgehead atoms. The second-order valence-electron chi connectivity index (χ2n) is 7.81. The summed E-state index contributed by atoms with van der Waals surface area (Å²) in [5, 5.41) is 11.7. The molecule has 0 N–H and O–H groups in total. The van der Waals surface area contributed by atoms with Crippen LogP contribution in [0.4, 0.5) is 0 Å². The predicted octanol–water partition coefficient (Wildman–Crippen LogP) is 1.23. The molecule has 30 heavy (non-hydrogen) atoms. The van der Waals surface area contributed by atoms with Crippen LogP contribution in [0.1, 0.15) is 34.5 Å². The van der Waals surface area contributed by atoms with E-state index in [0.717, 1.165) is 17.5 Å². The monoisotopic (exact) mass is 410 g/mol. The summed E-state index contributed by atoms with van der Waals surface area (Å²) in [5.41, 5.74) is 2.99. The van der Waals surface area contributed by atoms with E-state index >= 15 is 0 Å². The van der Waals surface area contributed by atoms with Crippen molar-refractivity contribution in [2.45, 2.75) is 38.8 Å². The van der Waals surface area contributed by atoms with Gasteiger partial charge in [-0.1, -0.05) is 11.2 Å². The number of pyridine rings is 1. The van der Waals surface area contributed by atoms with Crippen molar-refractivity contribution in [3.63, 3.8) is 0 Å². The van der Waals surface area contributed by atoms with Crippen LogP contribution >= 0.6 is 0 Å². The molecule has 5 heterocycles. The van der Waals surface area contributed by atoms with E-state index in [4.69, 9.17) is 4.74 Å². The fraction of sp³-hybridized carbons (Fsp3) is 0.450. The molecule has 3 aromatic rings. The van der Waals surface area contributed by atoms with Crippen LogP contribution in [0.3, 0.4) is 0 Å². The first-order chi connectivity index (χ1) is 14.5. The van der Waals surface area contributed by atoms with Gasteiger partial charge in [0.2, 0.25) is 5.91 Å². The number of aromatic nitrogens is 4. The largest absolute Gasteiger partial charge is 0.472 e. The smallest absolute Gasteiger partial charge is 0.278 e. The predicted molar refractivity (Wildman–Crippen MR) is 104 cm³/mol. The molecule has 0 aromatic carbocycles. The molecule has 0 saturated carbocycles. The lowest BCUT2D eigenvalue weighted by Gasteiger charge is -2.25. The third-order valence-corrected chi connectivity index (χ3v) is 5.95. The topological polar surface area (TPSA) is 106 Å². The molecule has 0 unspecified atom stereocenters. The molecule has 156 valence electrons. The lowest BCUT2D eigenvalue weighted by atomic mass is 10.1. The van der Waals surface area contributed by atoms with Crippen LogP contribution in [0.5, 0.6) is 5.88 Å². The molecular formula is C20H22N6O4. The summed E-state index contributed by atoms with van der Waals surface area (Å²) >= 11 is 0. The van der Waals surface area contributed by atoms with Crippen LogP contribution in [0, 0.1) is 13.8 Å². The number of hydrogen-bond acceptors (Lipinski definition) is 7. The fourth-order valence-electron chi connectivity index (χ4n) is 4.47. The molecule has 5 rings (SSSR count). The van der Waals surface area contributed by atoms with Crippen molar-refractivity contribution in [1.29, 1.82) is 0 Å². The van der Waals surface area contributed by atoms with Gasteiger partial charge in [-0.2, -0.15) is 5.10 Å². The summed E-state index contributed by atoms with van der Waals surface area (Å²) in [6, 6.07) is 3.76. The Balaban J connectivity index is 1.28. The first-order valence-electron chi connectivity index (χ1n) is 9.99. The normalized spacial score (nSPS) is 20.9. The number of ether oxygens (including phenoxy) is 1. The zero-order valence-corrected chi connectivity index (χ0v) is 16.8. The molecule has 2 amide bonds. The Labute approximate surface area is 172 Å². The van der Waals surface area contributed by atoms with Crippen molar-refractivity contribution in [2.75, 3.05) is 19.7 Å². The second kappa shape index (κ2) is 7.12. The Hall–Kier alpha value is -3.43. The number of fused-ring (bicyclic) bond motifs is 2. The number of likely N-dealkylation sites (tertiary alicyclic amines) is 2. The maximum Gasteiger partial charge on any atom is 0.278 e. The number of hydrogen-bond donors (Lipinski definition) is 0. The highest BCUT2D eigenvalue weighted by molar-refractivity contribution is 6.01. The minimum atomic E-state index is -0.124. The maximum absolute atomic E-state index is 13.3. The standard InChI is InChI=1S/C20H22N6O4/c1-12-3-4-15-14(10-21-26(15)11-12)20(28)25-6-5-16-17(25)9-18(27)24(16)7-8-29-19-13(2)22-30-23-19/h3-4,10-11,16-17H,5-9H2,1-2H3/t16-,17-/m0/s1. The van der Waals surface area contributed by atoms with Crippen LogP contribution < -0.4 is 4.74 Å². The highest BCUT2D eigenvalue weighted by Crippen LogP contribution is 2.33. The van der Waals surface area contributed by atoms with Gasteiger partial charge in [0.25, 0.3) is 11.8 Å². The zero-order valence-electron chi connectivity index (χ0n) is 16.8. The number of carbonyl (C=O) groups excluding carboxylic acids is 2. The average Bonchev–Trinajstić information content (AvgIpc) is 3.47. The Kier molecular flexibility index (Phi) is 4.41. The molecule has 2 saturated heterocycles. The van der Waals surface area contributed by atoms with Crippen molar-refractivity contribution < 1.29 is 19.0 Å². The van der Waals surface area contributed by atoms with E-state index in [0.29, 0.717) is 43.3 Å². The molecule has 10 heteroatoms. The summed E-state index contributed by atoms with van der Waals surface area (Å²) in [6.07, 6.45) is 4.59. The summed E-state index contributed by atoms with van der Waals surface area (Å²) in [4.78, 5) is 29.5. The van der Waals surface area contributed by atoms with E-state index in [9.17, 15) is 9.59 Å². The summed E-state index contributed by atoms with van der Waals surface area (Å²) in [5.74, 6) is 0.304. The molecule has 0 radical (unpaired) electrons. The van der Waals surface area contributed by atoms with Gasteiger partial charge in [-0.05, 0) is 37.1 Å². The molecule has 2 aliphatic heterocycles. The Morgan fingerprint density at radius 2 is 2.13 bits per heavy atom. The molecule has 3 aromatic heterocycles. The zero-order chi connectivity index (χ0) is 20.8. The van der Waals surface area contributed by atoms with E-state index in [1.165, 1.54) is 0 Å². The van der Waals surface area contributed by atoms with E-state index in [2.05, 4.69) is 20.0 Å². The summed E-state index contributed by atoms with van der Waals surface area (Å²) < 4.78 is 11.9. The Morgan fingerprint density at radius 1 is 1.27 bits per heavy atom. The number of carbonyl (C=O) groups is 2. The third kappa shape index (κ3) is 2.99. The highest BCUT2D eigenvalue weighted by Gasteiger charge is 2.48. The van der Waals surface area contributed by atoms with Gasteiger partial charge in [-0.3, -0.25) is 9.59 Å². The van der Waals surface area contributed by atoms with E-state index in [1.54, 1.807) is 17.6 Å². The van der Waals surface area contributed by atoms with Crippen LogP contribution in [-0.2, 0) is 4.79 Å². The van der Waals surface area contributed by atoms with E-state index in [1.807, 2.05) is 35.1 Å². The highest BCUT2D eigenvalue weighted by atomic mass is 16.6. The number of nitrogens with zero attached hydrogens (tertiary/aromatic N) is 6. The van der Waals surface area contributed by atoms with Crippen molar-refractivity contribution >= 4 is 17.3 Å². The third-order valence-electron chi connectivity index (χ3n) is 5.95. The molecule has 0 aliphatic carbocycles. The van der Waals surface area contributed by atoms with Crippen LogP contribution in [-0.4, -0.2) is 73.3 Å². The molecule has 2 atom stereocenters. The van der Waals surface area contributed by atoms with Gasteiger partial charge in [0.05, 0.1) is 35.9 Å². The number of rotatable bonds is 5. The van der Waals surface area contributed by atoms with Crippen LogP contribution in [0.15, 0.2) is 29.2 Å². The Morgan fingerprint density at radius 3 is 2.93 bits per heavy atom. The fourth-order valence-corrected chi connectivity index (χ4v) is 4.47. The quantitative estimate of drug-likeness (QED) is 0.623. The minimum Gasteiger partial charge on any atom is -0.472 e. The van der Waals surface area contributed by atoms with Gasteiger partial charge in [-0.25, -0.2) is 9.14 Å². The van der Waals surface area contributed by atoms with Gasteiger partial charge in [0, 0.05) is 19.2 Å². The minimum absolute atomic E-state index is 0.00524. The van der Waals surface area contributed by atoms with Gasteiger partial charge in [-0.15, -0.1) is 0 Å². The van der Waals surface area contributed by atoms with Crippen molar-refractivity contribution in [3.05, 3.63) is 41.3 Å². The first-order valence-corrected chi connectivity index (χ1v) is 9.99. The van der Waals surface area contributed by atoms with Crippen molar-refractivity contribution in [3.8, 4) is 5.88 Å². The van der Waals surface area contributed by atoms with Gasteiger partial charge >= 0.3 is 0 Å². The number of amides is 2. The lowest BCUT2D eigenvalue weighted by Crippen LogP contribution is -2.41. The van der Waals surface area contributed by atoms with E-state index < -0.39 is 0 Å². The van der Waals surface area contributed by atoms with Gasteiger partial charge < -0.3 is 14.5 Å². The van der Waals surface area contributed by atoms with E-state index in [-0.39, 0.29) is 23.9 Å². The Bertz CT molecular complexity index is 1120. The SMILES string of the molecule is Cc1ccc2c(C(=O)N3CC[C@H]4[C@@H]3CC(=O)N4CCOc3nonc3C)cnn2c1. The van der Waals surface area contributed by atoms with Gasteiger partial charge in [0.15, 0.2) is 0 Å². The first kappa shape index (κ1) is 18.6. The van der Waals surface area contributed by atoms with Crippen molar-refractivity contribution in [2.24, 2.45) is 0 Å². The van der Waals surface area contributed by atoms with Crippen LogP contribution in [0.2, 0.25) is 0 Å². The lowest BCUT2D eigenvalue weighted by molar-refractivity contribution is -0.129.